The summed E-state index contributed by atoms with van der Waals surface area (Å²) in [6.07, 6.45) is 6.31. The topological polar surface area (TPSA) is 42.4 Å². The van der Waals surface area contributed by atoms with Crippen molar-refractivity contribution in [3.05, 3.63) is 28.8 Å². The number of carbonyl (C=O) groups excluding carboxylic acids is 1. The molecule has 0 N–H and O–H groups in total. The van der Waals surface area contributed by atoms with E-state index in [4.69, 9.17) is 4.74 Å². The van der Waals surface area contributed by atoms with E-state index < -0.39 is 0 Å². The number of fused-ring (bicyclic) bond motifs is 1. The Morgan fingerprint density at radius 2 is 2.20 bits per heavy atom. The highest BCUT2D eigenvalue weighted by molar-refractivity contribution is 7.18. The number of aryl methyl sites for hydroxylation is 1. The summed E-state index contributed by atoms with van der Waals surface area (Å²) in [5, 5.41) is 1.04. The quantitative estimate of drug-likeness (QED) is 0.795. The van der Waals surface area contributed by atoms with Crippen LogP contribution in [-0.2, 0) is 4.74 Å². The zero-order valence-corrected chi connectivity index (χ0v) is 15.8. The van der Waals surface area contributed by atoms with Crippen LogP contribution >= 0.6 is 11.3 Å². The minimum atomic E-state index is 0.142. The highest BCUT2D eigenvalue weighted by Crippen LogP contribution is 2.37. The van der Waals surface area contributed by atoms with Gasteiger partial charge in [0.25, 0.3) is 5.91 Å². The molecule has 25 heavy (non-hydrogen) atoms. The maximum Gasteiger partial charge on any atom is 0.254 e. The molecule has 2 fully saturated rings. The third kappa shape index (κ3) is 3.72. The first-order valence-electron chi connectivity index (χ1n) is 9.46. The minimum absolute atomic E-state index is 0.142. The third-order valence-electron chi connectivity index (χ3n) is 5.25. The molecule has 1 aliphatic heterocycles. The lowest BCUT2D eigenvalue weighted by Gasteiger charge is -2.38. The number of hydrogen-bond acceptors (Lipinski definition) is 4. The number of thiazole rings is 1. The molecule has 2 aliphatic rings. The van der Waals surface area contributed by atoms with Gasteiger partial charge in [-0.05, 0) is 50.3 Å². The van der Waals surface area contributed by atoms with Crippen LogP contribution in [0.2, 0.25) is 0 Å². The maximum atomic E-state index is 13.1. The Morgan fingerprint density at radius 1 is 1.36 bits per heavy atom. The number of aromatic nitrogens is 1. The number of amides is 1. The van der Waals surface area contributed by atoms with Crippen LogP contribution in [-0.4, -0.2) is 41.1 Å². The lowest BCUT2D eigenvalue weighted by Crippen LogP contribution is -2.50. The number of ether oxygens (including phenoxy) is 1. The largest absolute Gasteiger partial charge is 0.371 e. The van der Waals surface area contributed by atoms with Crippen LogP contribution in [0.1, 0.15) is 54.4 Å². The van der Waals surface area contributed by atoms with E-state index in [0.717, 1.165) is 46.7 Å². The second-order valence-electron chi connectivity index (χ2n) is 7.40. The average Bonchev–Trinajstić information content (AvgIpc) is 3.40. The predicted octanol–water partition coefficient (Wildman–Crippen LogP) is 4.41. The highest BCUT2D eigenvalue weighted by Gasteiger charge is 2.39. The van der Waals surface area contributed by atoms with E-state index in [-0.39, 0.29) is 18.1 Å². The Labute approximate surface area is 153 Å². The fourth-order valence-electron chi connectivity index (χ4n) is 3.71. The zero-order valence-electron chi connectivity index (χ0n) is 15.0. The average molecular weight is 359 g/mol. The van der Waals surface area contributed by atoms with Crippen LogP contribution in [0.5, 0.6) is 0 Å². The van der Waals surface area contributed by atoms with E-state index in [1.807, 2.05) is 30.0 Å². The molecule has 0 unspecified atom stereocenters. The molecule has 5 heteroatoms. The first-order chi connectivity index (χ1) is 12.1. The van der Waals surface area contributed by atoms with E-state index in [1.165, 1.54) is 19.3 Å². The number of unbranched alkanes of at least 4 members (excludes halogenated alkanes) is 1. The summed E-state index contributed by atoms with van der Waals surface area (Å²) < 4.78 is 7.40. The summed E-state index contributed by atoms with van der Waals surface area (Å²) in [5.41, 5.74) is 1.76. The molecule has 0 radical (unpaired) electrons. The van der Waals surface area contributed by atoms with Gasteiger partial charge in [-0.2, -0.15) is 0 Å². The van der Waals surface area contributed by atoms with Gasteiger partial charge in [-0.15, -0.1) is 11.3 Å². The van der Waals surface area contributed by atoms with Gasteiger partial charge in [-0.3, -0.25) is 4.79 Å². The van der Waals surface area contributed by atoms with Gasteiger partial charge in [0, 0.05) is 18.7 Å². The van der Waals surface area contributed by atoms with Crippen LogP contribution < -0.4 is 0 Å². The lowest BCUT2D eigenvalue weighted by atomic mass is 10.1. The van der Waals surface area contributed by atoms with Gasteiger partial charge in [0.2, 0.25) is 0 Å². The van der Waals surface area contributed by atoms with Crippen molar-refractivity contribution in [3.63, 3.8) is 0 Å². The van der Waals surface area contributed by atoms with Gasteiger partial charge in [0.1, 0.15) is 0 Å². The lowest BCUT2D eigenvalue weighted by molar-refractivity contribution is -0.0874. The summed E-state index contributed by atoms with van der Waals surface area (Å²) in [7, 11) is 0. The first kappa shape index (κ1) is 17.0. The molecular weight excluding hydrogens is 332 g/mol. The molecule has 1 saturated carbocycles. The molecule has 1 amide bonds. The third-order valence-corrected chi connectivity index (χ3v) is 6.18. The van der Waals surface area contributed by atoms with Crippen LogP contribution in [0, 0.1) is 12.8 Å². The van der Waals surface area contributed by atoms with Crippen LogP contribution in [0.4, 0.5) is 0 Å². The SMILES string of the molecule is CCCC[C@@H]1CN(C(=O)c2ccc3nc(C)sc3c2)C[C@H](C2CC2)O1. The fourth-order valence-corrected chi connectivity index (χ4v) is 4.58. The van der Waals surface area contributed by atoms with E-state index in [2.05, 4.69) is 11.9 Å². The normalized spacial score (nSPS) is 24.0. The summed E-state index contributed by atoms with van der Waals surface area (Å²) in [4.78, 5) is 19.6. The second-order valence-corrected chi connectivity index (χ2v) is 8.64. The van der Waals surface area contributed by atoms with Crippen LogP contribution in [0.25, 0.3) is 10.2 Å². The van der Waals surface area contributed by atoms with Crippen molar-refractivity contribution < 1.29 is 9.53 Å². The van der Waals surface area contributed by atoms with Gasteiger partial charge in [0.15, 0.2) is 0 Å². The molecule has 0 bridgehead atoms. The van der Waals surface area contributed by atoms with Gasteiger partial charge in [-0.1, -0.05) is 19.8 Å². The van der Waals surface area contributed by atoms with Gasteiger partial charge in [0.05, 0.1) is 27.4 Å². The Hall–Kier alpha value is -1.46. The number of carbonyl (C=O) groups is 1. The van der Waals surface area contributed by atoms with E-state index >= 15 is 0 Å². The number of nitrogens with zero attached hydrogens (tertiary/aromatic N) is 2. The number of rotatable bonds is 5. The van der Waals surface area contributed by atoms with E-state index in [0.29, 0.717) is 5.92 Å². The van der Waals surface area contributed by atoms with E-state index in [1.54, 1.807) is 11.3 Å². The number of benzene rings is 1. The van der Waals surface area contributed by atoms with Crippen molar-refractivity contribution in [2.45, 2.75) is 58.2 Å². The predicted molar refractivity (Wildman–Crippen MR) is 101 cm³/mol. The molecule has 1 aliphatic carbocycles. The van der Waals surface area contributed by atoms with E-state index in [9.17, 15) is 4.79 Å². The molecular formula is C20H26N2O2S. The smallest absolute Gasteiger partial charge is 0.254 e. The van der Waals surface area contributed by atoms with Gasteiger partial charge >= 0.3 is 0 Å². The zero-order chi connectivity index (χ0) is 17.4. The van der Waals surface area contributed by atoms with Crippen molar-refractivity contribution in [1.82, 2.24) is 9.88 Å². The van der Waals surface area contributed by atoms with Crippen molar-refractivity contribution in [2.75, 3.05) is 13.1 Å². The van der Waals surface area contributed by atoms with Gasteiger partial charge in [-0.25, -0.2) is 4.98 Å². The Kier molecular flexibility index (Phi) is 4.78. The molecule has 2 aromatic rings. The molecule has 134 valence electrons. The second kappa shape index (κ2) is 7.04. The molecule has 1 aromatic carbocycles. The summed E-state index contributed by atoms with van der Waals surface area (Å²) in [6.45, 7) is 5.68. The Balaban J connectivity index is 1.53. The molecule has 4 nitrogen and oxygen atoms in total. The molecule has 2 atom stereocenters. The van der Waals surface area contributed by atoms with Gasteiger partial charge < -0.3 is 9.64 Å². The molecule has 1 saturated heterocycles. The molecule has 2 heterocycles. The van der Waals surface area contributed by atoms with Crippen molar-refractivity contribution in [3.8, 4) is 0 Å². The molecule has 1 aromatic heterocycles. The molecule has 0 spiro atoms. The monoisotopic (exact) mass is 358 g/mol. The first-order valence-corrected chi connectivity index (χ1v) is 10.3. The Bertz CT molecular complexity index is 768. The minimum Gasteiger partial charge on any atom is -0.371 e. The van der Waals surface area contributed by atoms with Crippen molar-refractivity contribution >= 4 is 27.5 Å². The summed E-state index contributed by atoms with van der Waals surface area (Å²) >= 11 is 1.65. The van der Waals surface area contributed by atoms with Crippen LogP contribution in [0.15, 0.2) is 18.2 Å². The highest BCUT2D eigenvalue weighted by atomic mass is 32.1. The standard InChI is InChI=1S/C20H26N2O2S/c1-3-4-5-16-11-22(12-18(24-16)14-6-7-14)20(23)15-8-9-17-19(10-15)25-13(2)21-17/h8-10,14,16,18H,3-7,11-12H2,1-2H3/t16-,18-/m1/s1. The summed E-state index contributed by atoms with van der Waals surface area (Å²) in [5.74, 6) is 0.801. The summed E-state index contributed by atoms with van der Waals surface area (Å²) in [6, 6.07) is 5.90. The maximum absolute atomic E-state index is 13.1. The van der Waals surface area contributed by atoms with Crippen molar-refractivity contribution in [1.29, 1.82) is 0 Å². The Morgan fingerprint density at radius 3 is 2.96 bits per heavy atom. The number of morpholine rings is 1. The van der Waals surface area contributed by atoms with Crippen molar-refractivity contribution in [2.24, 2.45) is 5.92 Å². The van der Waals surface area contributed by atoms with Crippen LogP contribution in [0.3, 0.4) is 0 Å². The number of hydrogen-bond donors (Lipinski definition) is 0. The fraction of sp³-hybridized carbons (Fsp3) is 0.600. The molecule has 4 rings (SSSR count).